The molecule has 3 heterocycles. The van der Waals surface area contributed by atoms with E-state index in [0.717, 1.165) is 33.0 Å². The number of nitrogens with one attached hydrogen (secondary N) is 2. The van der Waals surface area contributed by atoms with Crippen LogP contribution < -0.4 is 4.90 Å². The predicted molar refractivity (Wildman–Crippen MR) is 89.3 cm³/mol. The van der Waals surface area contributed by atoms with Gasteiger partial charge in [-0.1, -0.05) is 30.0 Å². The van der Waals surface area contributed by atoms with Crippen LogP contribution in [0.5, 0.6) is 0 Å². The molecule has 2 aromatic heterocycles. The largest absolute Gasteiger partial charge is 0.336 e. The van der Waals surface area contributed by atoms with Crippen molar-refractivity contribution in [3.8, 4) is 0 Å². The fourth-order valence-electron chi connectivity index (χ4n) is 3.16. The maximum Gasteiger partial charge on any atom is 0.210 e. The van der Waals surface area contributed by atoms with Crippen molar-refractivity contribution >= 4 is 33.8 Å². The molecule has 0 unspecified atom stereocenters. The third-order valence-corrected chi connectivity index (χ3v) is 5.19. The lowest BCUT2D eigenvalue weighted by Crippen LogP contribution is -3.13. The maximum absolute atomic E-state index is 4.69. The topological polar surface area (TPSA) is 58.9 Å². The molecule has 4 rings (SSSR count). The number of fused-ring (bicyclic) bond motifs is 3. The number of likely N-dealkylation sites (tertiary alicyclic amines) is 1. The van der Waals surface area contributed by atoms with E-state index in [1.54, 1.807) is 16.7 Å². The van der Waals surface area contributed by atoms with E-state index >= 15 is 0 Å². The maximum atomic E-state index is 4.69. The molecule has 5 nitrogen and oxygen atoms in total. The number of aromatic nitrogens is 4. The highest BCUT2D eigenvalue weighted by Gasteiger charge is 2.14. The molecular formula is C16H20N5S+. The Bertz CT molecular complexity index is 778. The first-order valence-corrected chi connectivity index (χ1v) is 8.96. The quantitative estimate of drug-likeness (QED) is 0.719. The summed E-state index contributed by atoms with van der Waals surface area (Å²) in [6, 6.07) is 8.17. The molecule has 0 bridgehead atoms. The molecule has 1 aromatic carbocycles. The lowest BCUT2D eigenvalue weighted by molar-refractivity contribution is -0.902. The van der Waals surface area contributed by atoms with Crippen molar-refractivity contribution in [1.29, 1.82) is 0 Å². The summed E-state index contributed by atoms with van der Waals surface area (Å²) in [4.78, 5) is 9.68. The highest BCUT2D eigenvalue weighted by atomic mass is 32.2. The number of para-hydroxylation sites is 1. The average molecular weight is 314 g/mol. The van der Waals surface area contributed by atoms with Crippen molar-refractivity contribution in [3.05, 3.63) is 24.3 Å². The van der Waals surface area contributed by atoms with Crippen LogP contribution in [0.3, 0.4) is 0 Å². The first-order chi connectivity index (χ1) is 10.9. The summed E-state index contributed by atoms with van der Waals surface area (Å²) in [7, 11) is 0. The SMILES string of the molecule is c1ccc2c(c1)[nH]c1nnc(SCC[NH+]3CCCCC3)nc12. The highest BCUT2D eigenvalue weighted by Crippen LogP contribution is 2.23. The molecule has 0 atom stereocenters. The first kappa shape index (κ1) is 14.0. The lowest BCUT2D eigenvalue weighted by atomic mass is 10.1. The minimum absolute atomic E-state index is 0.771. The summed E-state index contributed by atoms with van der Waals surface area (Å²) in [5, 5.41) is 10.4. The van der Waals surface area contributed by atoms with Crippen molar-refractivity contribution < 1.29 is 4.90 Å². The second kappa shape index (κ2) is 6.22. The van der Waals surface area contributed by atoms with Crippen LogP contribution in [-0.2, 0) is 0 Å². The molecule has 1 aliphatic heterocycles. The Morgan fingerprint density at radius 1 is 1.09 bits per heavy atom. The van der Waals surface area contributed by atoms with Crippen LogP contribution in [0.15, 0.2) is 29.4 Å². The molecule has 0 aliphatic carbocycles. The molecule has 0 saturated carbocycles. The van der Waals surface area contributed by atoms with Crippen molar-refractivity contribution in [2.24, 2.45) is 0 Å². The number of aromatic amines is 1. The summed E-state index contributed by atoms with van der Waals surface area (Å²) < 4.78 is 0. The van der Waals surface area contributed by atoms with Crippen molar-refractivity contribution in [2.45, 2.75) is 24.4 Å². The molecule has 2 N–H and O–H groups in total. The van der Waals surface area contributed by atoms with Gasteiger partial charge in [-0.05, 0) is 25.3 Å². The third-order valence-electron chi connectivity index (χ3n) is 4.35. The summed E-state index contributed by atoms with van der Waals surface area (Å²) in [6.07, 6.45) is 4.15. The molecule has 22 heavy (non-hydrogen) atoms. The Labute approximate surface area is 133 Å². The lowest BCUT2D eigenvalue weighted by Gasteiger charge is -2.22. The number of piperidine rings is 1. The first-order valence-electron chi connectivity index (χ1n) is 7.98. The van der Waals surface area contributed by atoms with Gasteiger partial charge in [0, 0.05) is 10.9 Å². The van der Waals surface area contributed by atoms with Gasteiger partial charge in [-0.25, -0.2) is 4.98 Å². The molecule has 1 saturated heterocycles. The molecule has 3 aromatic rings. The number of rotatable bonds is 4. The van der Waals surface area contributed by atoms with Gasteiger partial charge in [0.05, 0.1) is 25.4 Å². The van der Waals surface area contributed by atoms with Crippen LogP contribution in [0.25, 0.3) is 22.1 Å². The van der Waals surface area contributed by atoms with Crippen LogP contribution in [0.4, 0.5) is 0 Å². The van der Waals surface area contributed by atoms with E-state index in [-0.39, 0.29) is 0 Å². The van der Waals surface area contributed by atoms with E-state index in [0.29, 0.717) is 0 Å². The number of benzene rings is 1. The summed E-state index contributed by atoms with van der Waals surface area (Å²) in [6.45, 7) is 3.84. The zero-order chi connectivity index (χ0) is 14.8. The zero-order valence-electron chi connectivity index (χ0n) is 12.5. The van der Waals surface area contributed by atoms with Gasteiger partial charge in [0.1, 0.15) is 5.52 Å². The van der Waals surface area contributed by atoms with Gasteiger partial charge >= 0.3 is 0 Å². The van der Waals surface area contributed by atoms with E-state index in [2.05, 4.69) is 21.2 Å². The second-order valence-electron chi connectivity index (χ2n) is 5.87. The Balaban J connectivity index is 1.48. The van der Waals surface area contributed by atoms with Crippen LogP contribution >= 0.6 is 11.8 Å². The zero-order valence-corrected chi connectivity index (χ0v) is 13.3. The second-order valence-corrected chi connectivity index (χ2v) is 6.93. The smallest absolute Gasteiger partial charge is 0.210 e. The van der Waals surface area contributed by atoms with Gasteiger partial charge in [-0.15, -0.1) is 10.2 Å². The van der Waals surface area contributed by atoms with E-state index in [1.165, 1.54) is 38.9 Å². The number of nitrogens with zero attached hydrogens (tertiary/aromatic N) is 3. The molecule has 0 radical (unpaired) electrons. The van der Waals surface area contributed by atoms with Crippen LogP contribution in [-0.4, -0.2) is 45.6 Å². The third kappa shape index (κ3) is 2.80. The summed E-state index contributed by atoms with van der Waals surface area (Å²) in [5.74, 6) is 1.06. The fourth-order valence-corrected chi connectivity index (χ4v) is 3.99. The molecule has 1 aliphatic rings. The standard InChI is InChI=1S/C16H19N5S/c1-4-8-21(9-5-1)10-11-22-16-18-14-12-6-2-3-7-13(12)17-15(14)19-20-16/h2-3,6-7H,1,4-5,8-11H2,(H,17,19)/p+1. The Kier molecular flexibility index (Phi) is 3.95. The van der Waals surface area contributed by atoms with E-state index in [4.69, 9.17) is 4.98 Å². The summed E-state index contributed by atoms with van der Waals surface area (Å²) in [5.41, 5.74) is 2.77. The Morgan fingerprint density at radius 3 is 2.86 bits per heavy atom. The molecular weight excluding hydrogens is 294 g/mol. The van der Waals surface area contributed by atoms with Crippen LogP contribution in [0.1, 0.15) is 19.3 Å². The van der Waals surface area contributed by atoms with Gasteiger partial charge in [-0.2, -0.15) is 0 Å². The van der Waals surface area contributed by atoms with E-state index in [9.17, 15) is 0 Å². The van der Waals surface area contributed by atoms with Crippen molar-refractivity contribution in [1.82, 2.24) is 20.2 Å². The number of thioether (sulfide) groups is 1. The van der Waals surface area contributed by atoms with Gasteiger partial charge in [-0.3, -0.25) is 0 Å². The van der Waals surface area contributed by atoms with E-state index < -0.39 is 0 Å². The van der Waals surface area contributed by atoms with Crippen molar-refractivity contribution in [3.63, 3.8) is 0 Å². The molecule has 1 fully saturated rings. The van der Waals surface area contributed by atoms with Crippen molar-refractivity contribution in [2.75, 3.05) is 25.4 Å². The molecule has 114 valence electrons. The number of hydrogen-bond donors (Lipinski definition) is 2. The minimum Gasteiger partial charge on any atom is -0.336 e. The van der Waals surface area contributed by atoms with Gasteiger partial charge < -0.3 is 9.88 Å². The van der Waals surface area contributed by atoms with Gasteiger partial charge in [0.15, 0.2) is 5.65 Å². The van der Waals surface area contributed by atoms with Gasteiger partial charge in [0.25, 0.3) is 0 Å². The van der Waals surface area contributed by atoms with Crippen LogP contribution in [0.2, 0.25) is 0 Å². The number of H-pyrrole nitrogens is 1. The highest BCUT2D eigenvalue weighted by molar-refractivity contribution is 7.99. The predicted octanol–water partition coefficient (Wildman–Crippen LogP) is 1.67. The number of hydrogen-bond acceptors (Lipinski definition) is 4. The normalized spacial score (nSPS) is 16.5. The fraction of sp³-hybridized carbons (Fsp3) is 0.438. The Hall–Kier alpha value is -1.66. The molecule has 6 heteroatoms. The average Bonchev–Trinajstić information content (AvgIpc) is 2.94. The summed E-state index contributed by atoms with van der Waals surface area (Å²) >= 11 is 1.72. The molecule has 0 spiro atoms. The Morgan fingerprint density at radius 2 is 1.95 bits per heavy atom. The van der Waals surface area contributed by atoms with E-state index in [1.807, 2.05) is 18.2 Å². The number of quaternary nitrogens is 1. The molecule has 0 amide bonds. The monoisotopic (exact) mass is 314 g/mol. The van der Waals surface area contributed by atoms with Gasteiger partial charge in [0.2, 0.25) is 5.16 Å². The minimum atomic E-state index is 0.771. The van der Waals surface area contributed by atoms with Crippen LogP contribution in [0, 0.1) is 0 Å².